The Hall–Kier alpha value is -1.04. The summed E-state index contributed by atoms with van der Waals surface area (Å²) in [6.45, 7) is 8.49. The van der Waals surface area contributed by atoms with E-state index in [4.69, 9.17) is 4.74 Å². The molecule has 2 fully saturated rings. The lowest BCUT2D eigenvalue weighted by Gasteiger charge is -2.33. The van der Waals surface area contributed by atoms with Crippen molar-refractivity contribution in [3.63, 3.8) is 0 Å². The SMILES string of the molecule is CCNC(=NCC(C)(O)CN1CCOCC1)NCC1(c2c(F)cccc2F)CCCC1.I. The van der Waals surface area contributed by atoms with Crippen LogP contribution in [-0.4, -0.2) is 74.0 Å². The number of aliphatic hydroxyl groups is 1. The van der Waals surface area contributed by atoms with E-state index in [2.05, 4.69) is 20.5 Å². The Balaban J connectivity index is 0.00000363. The van der Waals surface area contributed by atoms with Gasteiger partial charge in [-0.05, 0) is 38.8 Å². The standard InChI is InChI=1S/C23H36F2N4O2.HI/c1-3-26-21(27-15-22(2,30)17-29-11-13-31-14-12-29)28-16-23(9-4-5-10-23)20-18(24)7-6-8-19(20)25;/h6-8,30H,3-5,9-17H2,1-2H3,(H2,26,27,28);1H. The molecule has 6 nitrogen and oxygen atoms in total. The van der Waals surface area contributed by atoms with E-state index in [9.17, 15) is 13.9 Å². The monoisotopic (exact) mass is 566 g/mol. The van der Waals surface area contributed by atoms with Gasteiger partial charge in [0.25, 0.3) is 0 Å². The fourth-order valence-corrected chi connectivity index (χ4v) is 4.71. The van der Waals surface area contributed by atoms with Gasteiger partial charge in [-0.1, -0.05) is 18.9 Å². The van der Waals surface area contributed by atoms with E-state index >= 15 is 0 Å². The molecule has 1 aliphatic carbocycles. The highest BCUT2D eigenvalue weighted by molar-refractivity contribution is 14.0. The zero-order chi connectivity index (χ0) is 22.3. The second-order valence-electron chi connectivity index (χ2n) is 9.02. The molecule has 9 heteroatoms. The van der Waals surface area contributed by atoms with Gasteiger partial charge in [-0.2, -0.15) is 0 Å². The van der Waals surface area contributed by atoms with Crippen LogP contribution in [0.5, 0.6) is 0 Å². The van der Waals surface area contributed by atoms with Crippen molar-refractivity contribution >= 4 is 29.9 Å². The van der Waals surface area contributed by atoms with Gasteiger partial charge in [0.2, 0.25) is 0 Å². The van der Waals surface area contributed by atoms with Gasteiger partial charge in [-0.3, -0.25) is 9.89 Å². The predicted molar refractivity (Wildman–Crippen MR) is 134 cm³/mol. The molecule has 2 aliphatic rings. The van der Waals surface area contributed by atoms with Gasteiger partial charge in [0, 0.05) is 43.7 Å². The number of morpholine rings is 1. The lowest BCUT2D eigenvalue weighted by atomic mass is 9.78. The first-order valence-electron chi connectivity index (χ1n) is 11.3. The molecule has 0 spiro atoms. The average molecular weight is 566 g/mol. The second-order valence-corrected chi connectivity index (χ2v) is 9.02. The highest BCUT2D eigenvalue weighted by atomic mass is 127. The number of nitrogens with zero attached hydrogens (tertiary/aromatic N) is 2. The zero-order valence-corrected chi connectivity index (χ0v) is 21.5. The predicted octanol–water partition coefficient (Wildman–Crippen LogP) is 3.03. The maximum atomic E-state index is 14.6. The molecule has 0 radical (unpaired) electrons. The minimum absolute atomic E-state index is 0. The maximum absolute atomic E-state index is 14.6. The van der Waals surface area contributed by atoms with Crippen LogP contribution in [-0.2, 0) is 10.2 Å². The molecule has 0 amide bonds. The normalized spacial score (nSPS) is 21.0. The van der Waals surface area contributed by atoms with Crippen molar-refractivity contribution in [1.29, 1.82) is 0 Å². The average Bonchev–Trinajstić information content (AvgIpc) is 3.20. The number of nitrogens with one attached hydrogen (secondary N) is 2. The van der Waals surface area contributed by atoms with Crippen molar-refractivity contribution < 1.29 is 18.6 Å². The van der Waals surface area contributed by atoms with E-state index in [0.29, 0.717) is 38.8 Å². The molecule has 1 heterocycles. The summed E-state index contributed by atoms with van der Waals surface area (Å²) in [6.07, 6.45) is 3.34. The van der Waals surface area contributed by atoms with Crippen molar-refractivity contribution in [1.82, 2.24) is 15.5 Å². The van der Waals surface area contributed by atoms with Gasteiger partial charge in [0.15, 0.2) is 5.96 Å². The van der Waals surface area contributed by atoms with Crippen LogP contribution in [0.15, 0.2) is 23.2 Å². The van der Waals surface area contributed by atoms with Gasteiger partial charge in [-0.15, -0.1) is 24.0 Å². The van der Waals surface area contributed by atoms with Gasteiger partial charge in [0.05, 0.1) is 25.4 Å². The van der Waals surface area contributed by atoms with Crippen LogP contribution in [0.2, 0.25) is 0 Å². The summed E-state index contributed by atoms with van der Waals surface area (Å²) in [6, 6.07) is 4.08. The molecule has 1 unspecified atom stereocenters. The molecule has 1 aliphatic heterocycles. The maximum Gasteiger partial charge on any atom is 0.191 e. The van der Waals surface area contributed by atoms with E-state index in [1.807, 2.05) is 6.92 Å². The minimum atomic E-state index is -0.984. The molecule has 0 bridgehead atoms. The van der Waals surface area contributed by atoms with Gasteiger partial charge >= 0.3 is 0 Å². The number of aliphatic imine (C=N–C) groups is 1. The van der Waals surface area contributed by atoms with Crippen LogP contribution < -0.4 is 10.6 Å². The first-order valence-corrected chi connectivity index (χ1v) is 11.3. The van der Waals surface area contributed by atoms with Crippen LogP contribution >= 0.6 is 24.0 Å². The lowest BCUT2D eigenvalue weighted by molar-refractivity contribution is -0.0180. The van der Waals surface area contributed by atoms with E-state index in [1.54, 1.807) is 6.92 Å². The number of halogens is 3. The van der Waals surface area contributed by atoms with E-state index in [0.717, 1.165) is 38.8 Å². The molecule has 1 saturated heterocycles. The molecule has 1 saturated carbocycles. The quantitative estimate of drug-likeness (QED) is 0.257. The number of benzene rings is 1. The van der Waals surface area contributed by atoms with Crippen molar-refractivity contribution in [2.24, 2.45) is 4.99 Å². The summed E-state index contributed by atoms with van der Waals surface area (Å²) in [5.41, 5.74) is -1.40. The first-order chi connectivity index (χ1) is 14.9. The van der Waals surface area contributed by atoms with Crippen molar-refractivity contribution in [2.75, 3.05) is 52.5 Å². The smallest absolute Gasteiger partial charge is 0.191 e. The summed E-state index contributed by atoms with van der Waals surface area (Å²) < 4.78 is 34.5. The Labute approximate surface area is 207 Å². The summed E-state index contributed by atoms with van der Waals surface area (Å²) in [5, 5.41) is 17.3. The third-order valence-electron chi connectivity index (χ3n) is 6.24. The number of hydrogen-bond donors (Lipinski definition) is 3. The first kappa shape index (κ1) is 27.2. The van der Waals surface area contributed by atoms with Crippen molar-refractivity contribution in [3.05, 3.63) is 35.4 Å². The van der Waals surface area contributed by atoms with E-state index < -0.39 is 22.7 Å². The summed E-state index contributed by atoms with van der Waals surface area (Å²) in [4.78, 5) is 6.75. The molecule has 3 N–H and O–H groups in total. The Morgan fingerprint density at radius 2 is 1.81 bits per heavy atom. The van der Waals surface area contributed by atoms with Gasteiger partial charge in [-0.25, -0.2) is 8.78 Å². The third kappa shape index (κ3) is 7.23. The number of guanidine groups is 1. The Morgan fingerprint density at radius 1 is 1.19 bits per heavy atom. The zero-order valence-electron chi connectivity index (χ0n) is 19.1. The Morgan fingerprint density at radius 3 is 2.41 bits per heavy atom. The Bertz CT molecular complexity index is 731. The van der Waals surface area contributed by atoms with Crippen molar-refractivity contribution in [3.8, 4) is 0 Å². The van der Waals surface area contributed by atoms with Crippen LogP contribution in [0.3, 0.4) is 0 Å². The fraction of sp³-hybridized carbons (Fsp3) is 0.696. The van der Waals surface area contributed by atoms with E-state index in [1.165, 1.54) is 18.2 Å². The fourth-order valence-electron chi connectivity index (χ4n) is 4.71. The molecule has 32 heavy (non-hydrogen) atoms. The van der Waals surface area contributed by atoms with Crippen molar-refractivity contribution in [2.45, 2.75) is 50.5 Å². The number of β-amino-alcohol motifs (C(OH)–C–C–N with tert-alkyl or cyclic N) is 1. The van der Waals surface area contributed by atoms with Crippen LogP contribution in [0, 0.1) is 11.6 Å². The van der Waals surface area contributed by atoms with Crippen LogP contribution in [0.4, 0.5) is 8.78 Å². The number of rotatable bonds is 8. The van der Waals surface area contributed by atoms with E-state index in [-0.39, 0.29) is 36.1 Å². The number of ether oxygens (including phenoxy) is 1. The summed E-state index contributed by atoms with van der Waals surface area (Å²) >= 11 is 0. The summed E-state index contributed by atoms with van der Waals surface area (Å²) in [5.74, 6) is -0.425. The molecule has 1 atom stereocenters. The Kier molecular flexibility index (Phi) is 10.6. The molecule has 1 aromatic carbocycles. The summed E-state index contributed by atoms with van der Waals surface area (Å²) in [7, 11) is 0. The van der Waals surface area contributed by atoms with Gasteiger partial charge in [0.1, 0.15) is 11.6 Å². The van der Waals surface area contributed by atoms with Gasteiger partial charge < -0.3 is 20.5 Å². The molecule has 1 aromatic rings. The van der Waals surface area contributed by atoms with Crippen LogP contribution in [0.1, 0.15) is 45.1 Å². The second kappa shape index (κ2) is 12.4. The molecule has 182 valence electrons. The molecule has 0 aromatic heterocycles. The minimum Gasteiger partial charge on any atom is -0.387 e. The molecule has 3 rings (SSSR count). The lowest BCUT2D eigenvalue weighted by Crippen LogP contribution is -2.49. The van der Waals surface area contributed by atoms with Crippen LogP contribution in [0.25, 0.3) is 0 Å². The highest BCUT2D eigenvalue weighted by Gasteiger charge is 2.40. The molecular formula is C23H37F2IN4O2. The molecular weight excluding hydrogens is 529 g/mol. The third-order valence-corrected chi connectivity index (χ3v) is 6.24. The largest absolute Gasteiger partial charge is 0.387 e. The topological polar surface area (TPSA) is 69.1 Å². The number of hydrogen-bond acceptors (Lipinski definition) is 4. The highest BCUT2D eigenvalue weighted by Crippen LogP contribution is 2.42.